The van der Waals surface area contributed by atoms with Gasteiger partial charge in [-0.15, -0.1) is 0 Å². The summed E-state index contributed by atoms with van der Waals surface area (Å²) in [5.74, 6) is -0.269. The number of aryl methyl sites for hydroxylation is 1. The smallest absolute Gasteiger partial charge is 0.123 e. The number of nitrogens with one attached hydrogen (secondary N) is 1. The average molecular weight is 312 g/mol. The second-order valence-corrected chi connectivity index (χ2v) is 5.22. The van der Waals surface area contributed by atoms with Crippen molar-refractivity contribution in [2.24, 2.45) is 0 Å². The fourth-order valence-corrected chi connectivity index (χ4v) is 2.28. The second-order valence-electron chi connectivity index (χ2n) is 4.84. The zero-order valence-electron chi connectivity index (χ0n) is 12.4. The lowest BCUT2D eigenvalue weighted by molar-refractivity contribution is 0.199. The van der Waals surface area contributed by atoms with Crippen molar-refractivity contribution < 1.29 is 9.13 Å². The lowest BCUT2D eigenvalue weighted by atomic mass is 10.1. The molecular weight excluding hydrogens is 293 g/mol. The molecule has 0 unspecified atom stereocenters. The largest absolute Gasteiger partial charge is 0.383 e. The Balaban J connectivity index is 2.32. The van der Waals surface area contributed by atoms with Crippen molar-refractivity contribution in [2.75, 3.05) is 20.3 Å². The van der Waals surface area contributed by atoms with Crippen LogP contribution in [-0.2, 0) is 11.3 Å². The molecular formula is C15H19ClFN3O. The number of rotatable bonds is 6. The third-order valence-electron chi connectivity index (χ3n) is 3.27. The van der Waals surface area contributed by atoms with Gasteiger partial charge in [0.15, 0.2) is 0 Å². The fraction of sp³-hybridized carbons (Fsp3) is 0.400. The number of aromatic nitrogens is 2. The molecule has 1 aromatic carbocycles. The summed E-state index contributed by atoms with van der Waals surface area (Å²) in [4.78, 5) is 0. The average Bonchev–Trinajstić information content (AvgIpc) is 2.71. The van der Waals surface area contributed by atoms with Crippen LogP contribution in [0.2, 0.25) is 5.02 Å². The summed E-state index contributed by atoms with van der Waals surface area (Å²) in [5, 5.41) is 8.28. The van der Waals surface area contributed by atoms with E-state index in [9.17, 15) is 4.39 Å². The highest BCUT2D eigenvalue weighted by molar-refractivity contribution is 6.31. The molecule has 0 aliphatic heterocycles. The molecule has 1 heterocycles. The first-order chi connectivity index (χ1) is 10.0. The lowest BCUT2D eigenvalue weighted by Gasteiger charge is -2.12. The highest BCUT2D eigenvalue weighted by Gasteiger charge is 2.14. The molecule has 1 N–H and O–H groups in total. The van der Waals surface area contributed by atoms with Gasteiger partial charge < -0.3 is 10.1 Å². The fourth-order valence-electron chi connectivity index (χ4n) is 2.16. The molecule has 2 rings (SSSR count). The number of hydrogen-bond donors (Lipinski definition) is 1. The van der Waals surface area contributed by atoms with Gasteiger partial charge in [0.05, 0.1) is 28.7 Å². The molecule has 0 radical (unpaired) electrons. The SMILES string of the molecule is COCCNCc1cc(F)ccc1-n1nc(C)c(Cl)c1C. The van der Waals surface area contributed by atoms with E-state index in [1.807, 2.05) is 13.8 Å². The number of nitrogens with zero attached hydrogens (tertiary/aromatic N) is 2. The summed E-state index contributed by atoms with van der Waals surface area (Å²) in [5.41, 5.74) is 3.26. The molecule has 0 saturated carbocycles. The van der Waals surface area contributed by atoms with Gasteiger partial charge in [0, 0.05) is 20.2 Å². The summed E-state index contributed by atoms with van der Waals surface area (Å²) >= 11 is 6.19. The molecule has 0 aliphatic rings. The van der Waals surface area contributed by atoms with E-state index >= 15 is 0 Å². The molecule has 0 fully saturated rings. The van der Waals surface area contributed by atoms with E-state index in [-0.39, 0.29) is 5.82 Å². The number of halogens is 2. The minimum Gasteiger partial charge on any atom is -0.383 e. The summed E-state index contributed by atoms with van der Waals surface area (Å²) < 4.78 is 20.3. The van der Waals surface area contributed by atoms with Gasteiger partial charge >= 0.3 is 0 Å². The van der Waals surface area contributed by atoms with Crippen molar-refractivity contribution in [1.82, 2.24) is 15.1 Å². The van der Waals surface area contributed by atoms with Gasteiger partial charge in [0.25, 0.3) is 0 Å². The Morgan fingerprint density at radius 2 is 2.14 bits per heavy atom. The predicted octanol–water partition coefficient (Wildman–Crippen LogP) is 3.02. The van der Waals surface area contributed by atoms with E-state index in [0.717, 1.165) is 22.6 Å². The van der Waals surface area contributed by atoms with Gasteiger partial charge in [0.2, 0.25) is 0 Å². The molecule has 0 atom stereocenters. The van der Waals surface area contributed by atoms with Crippen molar-refractivity contribution in [2.45, 2.75) is 20.4 Å². The van der Waals surface area contributed by atoms with Crippen molar-refractivity contribution in [1.29, 1.82) is 0 Å². The van der Waals surface area contributed by atoms with Crippen LogP contribution in [0.4, 0.5) is 4.39 Å². The maximum absolute atomic E-state index is 13.5. The van der Waals surface area contributed by atoms with E-state index in [1.165, 1.54) is 12.1 Å². The minimum absolute atomic E-state index is 0.269. The predicted molar refractivity (Wildman–Crippen MR) is 81.6 cm³/mol. The van der Waals surface area contributed by atoms with Crippen LogP contribution in [0.25, 0.3) is 5.69 Å². The summed E-state index contributed by atoms with van der Waals surface area (Å²) in [7, 11) is 1.65. The van der Waals surface area contributed by atoms with Crippen molar-refractivity contribution in [3.05, 3.63) is 46.0 Å². The maximum atomic E-state index is 13.5. The molecule has 114 valence electrons. The minimum atomic E-state index is -0.269. The van der Waals surface area contributed by atoms with Gasteiger partial charge in [-0.3, -0.25) is 0 Å². The number of hydrogen-bond acceptors (Lipinski definition) is 3. The first kappa shape index (κ1) is 15.9. The van der Waals surface area contributed by atoms with E-state index in [4.69, 9.17) is 16.3 Å². The zero-order valence-corrected chi connectivity index (χ0v) is 13.2. The molecule has 4 nitrogen and oxygen atoms in total. The van der Waals surface area contributed by atoms with E-state index in [0.29, 0.717) is 24.7 Å². The first-order valence-corrected chi connectivity index (χ1v) is 7.12. The summed E-state index contributed by atoms with van der Waals surface area (Å²) in [6.45, 7) is 5.59. The number of ether oxygens (including phenoxy) is 1. The monoisotopic (exact) mass is 311 g/mol. The molecule has 0 bridgehead atoms. The molecule has 0 saturated heterocycles. The maximum Gasteiger partial charge on any atom is 0.123 e. The van der Waals surface area contributed by atoms with Crippen LogP contribution in [-0.4, -0.2) is 30.0 Å². The zero-order chi connectivity index (χ0) is 15.4. The standard InChI is InChI=1S/C15H19ClFN3O/c1-10-15(16)11(2)20(19-10)14-5-4-13(17)8-12(14)9-18-6-7-21-3/h4-5,8,18H,6-7,9H2,1-3H3. The Kier molecular flexibility index (Phi) is 5.33. The van der Waals surface area contributed by atoms with Crippen LogP contribution in [0.15, 0.2) is 18.2 Å². The molecule has 21 heavy (non-hydrogen) atoms. The molecule has 1 aromatic heterocycles. The molecule has 0 spiro atoms. The molecule has 0 aliphatic carbocycles. The van der Waals surface area contributed by atoms with Crippen LogP contribution in [0.3, 0.4) is 0 Å². The molecule has 2 aromatic rings. The third-order valence-corrected chi connectivity index (χ3v) is 3.82. The van der Waals surface area contributed by atoms with Gasteiger partial charge in [-0.1, -0.05) is 11.6 Å². The van der Waals surface area contributed by atoms with Gasteiger partial charge in [0.1, 0.15) is 5.82 Å². The quantitative estimate of drug-likeness (QED) is 0.834. The Labute approximate surface area is 128 Å². The molecule has 6 heteroatoms. The van der Waals surface area contributed by atoms with E-state index in [2.05, 4.69) is 10.4 Å². The lowest BCUT2D eigenvalue weighted by Crippen LogP contribution is -2.20. The van der Waals surface area contributed by atoms with Crippen LogP contribution in [0, 0.1) is 19.7 Å². The van der Waals surface area contributed by atoms with Crippen LogP contribution in [0.1, 0.15) is 17.0 Å². The van der Waals surface area contributed by atoms with Gasteiger partial charge in [-0.2, -0.15) is 5.10 Å². The van der Waals surface area contributed by atoms with Crippen LogP contribution in [0.5, 0.6) is 0 Å². The van der Waals surface area contributed by atoms with Crippen molar-refractivity contribution in [3.63, 3.8) is 0 Å². The van der Waals surface area contributed by atoms with Crippen molar-refractivity contribution >= 4 is 11.6 Å². The summed E-state index contributed by atoms with van der Waals surface area (Å²) in [6, 6.07) is 4.66. The number of benzene rings is 1. The topological polar surface area (TPSA) is 39.1 Å². The summed E-state index contributed by atoms with van der Waals surface area (Å²) in [6.07, 6.45) is 0. The highest BCUT2D eigenvalue weighted by atomic mass is 35.5. The Morgan fingerprint density at radius 3 is 2.76 bits per heavy atom. The van der Waals surface area contributed by atoms with Crippen molar-refractivity contribution in [3.8, 4) is 5.69 Å². The first-order valence-electron chi connectivity index (χ1n) is 6.74. The Hall–Kier alpha value is -1.43. The Bertz CT molecular complexity index is 628. The normalized spacial score (nSPS) is 11.1. The van der Waals surface area contributed by atoms with Gasteiger partial charge in [-0.25, -0.2) is 9.07 Å². The van der Waals surface area contributed by atoms with Crippen LogP contribution < -0.4 is 5.32 Å². The molecule has 0 amide bonds. The second kappa shape index (κ2) is 7.02. The van der Waals surface area contributed by atoms with Gasteiger partial charge in [-0.05, 0) is 37.6 Å². The third kappa shape index (κ3) is 3.61. The highest BCUT2D eigenvalue weighted by Crippen LogP contribution is 2.24. The van der Waals surface area contributed by atoms with E-state index in [1.54, 1.807) is 17.9 Å². The number of methoxy groups -OCH3 is 1. The van der Waals surface area contributed by atoms with Crippen LogP contribution >= 0.6 is 11.6 Å². The Morgan fingerprint density at radius 1 is 1.38 bits per heavy atom. The van der Waals surface area contributed by atoms with E-state index < -0.39 is 0 Å².